The van der Waals surface area contributed by atoms with Crippen LogP contribution in [-0.4, -0.2) is 45.1 Å². The van der Waals surface area contributed by atoms with Gasteiger partial charge in [0.15, 0.2) is 0 Å². The first-order valence-electron chi connectivity index (χ1n) is 6.21. The zero-order valence-corrected chi connectivity index (χ0v) is 10.2. The standard InChI is InChI=1S/C12H18N4O2/c13-11-8-14-10(7-15-11)12(18)16(5-2-6-17)9-3-1-4-9/h7-9,17H,1-6H2,(H2,13,15). The van der Waals surface area contributed by atoms with Gasteiger partial charge in [-0.1, -0.05) is 0 Å². The average Bonchev–Trinajstić information content (AvgIpc) is 2.32. The maximum Gasteiger partial charge on any atom is 0.274 e. The van der Waals surface area contributed by atoms with E-state index in [2.05, 4.69) is 9.97 Å². The van der Waals surface area contributed by atoms with Gasteiger partial charge in [0, 0.05) is 19.2 Å². The number of amides is 1. The van der Waals surface area contributed by atoms with Crippen molar-refractivity contribution < 1.29 is 9.90 Å². The van der Waals surface area contributed by atoms with E-state index in [1.165, 1.54) is 12.4 Å². The summed E-state index contributed by atoms with van der Waals surface area (Å²) in [4.78, 5) is 22.0. The second-order valence-corrected chi connectivity index (χ2v) is 4.49. The molecule has 1 fully saturated rings. The van der Waals surface area contributed by atoms with Crippen LogP contribution in [0, 0.1) is 0 Å². The molecule has 0 aromatic carbocycles. The van der Waals surface area contributed by atoms with Crippen LogP contribution in [0.25, 0.3) is 0 Å². The Balaban J connectivity index is 2.08. The number of carbonyl (C=O) groups excluding carboxylic acids is 1. The van der Waals surface area contributed by atoms with Crippen molar-refractivity contribution in [1.82, 2.24) is 14.9 Å². The second kappa shape index (κ2) is 5.77. The molecule has 0 atom stereocenters. The number of aliphatic hydroxyl groups excluding tert-OH is 1. The molecule has 0 saturated heterocycles. The van der Waals surface area contributed by atoms with E-state index in [1.54, 1.807) is 4.90 Å². The molecule has 98 valence electrons. The molecule has 0 unspecified atom stereocenters. The number of rotatable bonds is 5. The van der Waals surface area contributed by atoms with Gasteiger partial charge in [0.25, 0.3) is 5.91 Å². The van der Waals surface area contributed by atoms with E-state index in [0.717, 1.165) is 19.3 Å². The lowest BCUT2D eigenvalue weighted by atomic mass is 9.91. The van der Waals surface area contributed by atoms with E-state index in [9.17, 15) is 4.79 Å². The van der Waals surface area contributed by atoms with E-state index in [4.69, 9.17) is 10.8 Å². The first kappa shape index (κ1) is 12.8. The number of aromatic nitrogens is 2. The molecule has 1 saturated carbocycles. The van der Waals surface area contributed by atoms with Crippen molar-refractivity contribution in [1.29, 1.82) is 0 Å². The van der Waals surface area contributed by atoms with Crippen molar-refractivity contribution in [3.63, 3.8) is 0 Å². The lowest BCUT2D eigenvalue weighted by Crippen LogP contribution is -2.45. The first-order valence-corrected chi connectivity index (χ1v) is 6.21. The zero-order valence-electron chi connectivity index (χ0n) is 10.2. The third-order valence-corrected chi connectivity index (χ3v) is 3.22. The van der Waals surface area contributed by atoms with E-state index in [0.29, 0.717) is 24.5 Å². The maximum absolute atomic E-state index is 12.3. The zero-order chi connectivity index (χ0) is 13.0. The topological polar surface area (TPSA) is 92.3 Å². The van der Waals surface area contributed by atoms with E-state index >= 15 is 0 Å². The van der Waals surface area contributed by atoms with Crippen LogP contribution in [0.5, 0.6) is 0 Å². The van der Waals surface area contributed by atoms with Crippen molar-refractivity contribution in [2.45, 2.75) is 31.7 Å². The number of hydrogen-bond acceptors (Lipinski definition) is 5. The van der Waals surface area contributed by atoms with Gasteiger partial charge in [0.1, 0.15) is 11.5 Å². The molecule has 0 aliphatic heterocycles. The Morgan fingerprint density at radius 1 is 1.44 bits per heavy atom. The summed E-state index contributed by atoms with van der Waals surface area (Å²) < 4.78 is 0. The fraction of sp³-hybridized carbons (Fsp3) is 0.583. The number of carbonyl (C=O) groups is 1. The molecule has 3 N–H and O–H groups in total. The third kappa shape index (κ3) is 2.76. The number of nitrogens with zero attached hydrogens (tertiary/aromatic N) is 3. The first-order chi connectivity index (χ1) is 8.72. The highest BCUT2D eigenvalue weighted by Crippen LogP contribution is 2.26. The van der Waals surface area contributed by atoms with Crippen LogP contribution in [-0.2, 0) is 0 Å². The SMILES string of the molecule is Nc1cnc(C(=O)N(CCCO)C2CCC2)cn1. The van der Waals surface area contributed by atoms with Gasteiger partial charge in [-0.25, -0.2) is 9.97 Å². The summed E-state index contributed by atoms with van der Waals surface area (Å²) in [5.74, 6) is 0.178. The molecule has 18 heavy (non-hydrogen) atoms. The monoisotopic (exact) mass is 250 g/mol. The van der Waals surface area contributed by atoms with E-state index in [1.807, 2.05) is 0 Å². The van der Waals surface area contributed by atoms with Crippen LogP contribution in [0.15, 0.2) is 12.4 Å². The molecule has 0 radical (unpaired) electrons. The second-order valence-electron chi connectivity index (χ2n) is 4.49. The molecule has 6 heteroatoms. The number of nitrogen functional groups attached to an aromatic ring is 1. The molecule has 2 rings (SSSR count). The van der Waals surface area contributed by atoms with Gasteiger partial charge < -0.3 is 15.7 Å². The predicted molar refractivity (Wildman–Crippen MR) is 66.8 cm³/mol. The summed E-state index contributed by atoms with van der Waals surface area (Å²) in [6.07, 6.45) is 6.59. The quantitative estimate of drug-likeness (QED) is 0.791. The lowest BCUT2D eigenvalue weighted by molar-refractivity contribution is 0.0556. The minimum absolute atomic E-state index is 0.0872. The van der Waals surface area contributed by atoms with Gasteiger partial charge in [-0.15, -0.1) is 0 Å². The van der Waals surface area contributed by atoms with Crippen molar-refractivity contribution in [3.8, 4) is 0 Å². The number of anilines is 1. The molecule has 1 heterocycles. The van der Waals surface area contributed by atoms with Crippen molar-refractivity contribution in [2.75, 3.05) is 18.9 Å². The maximum atomic E-state index is 12.3. The lowest BCUT2D eigenvalue weighted by Gasteiger charge is -2.37. The molecule has 0 spiro atoms. The minimum atomic E-state index is -0.124. The molecule has 1 aliphatic carbocycles. The summed E-state index contributed by atoms with van der Waals surface area (Å²) in [5.41, 5.74) is 5.76. The smallest absolute Gasteiger partial charge is 0.274 e. The molecule has 1 aliphatic rings. The van der Waals surface area contributed by atoms with Crippen LogP contribution in [0.1, 0.15) is 36.2 Å². The Labute approximate surface area is 106 Å². The highest BCUT2D eigenvalue weighted by atomic mass is 16.3. The fourth-order valence-corrected chi connectivity index (χ4v) is 1.98. The molecule has 1 aromatic heterocycles. The molecule has 6 nitrogen and oxygen atoms in total. The Hall–Kier alpha value is -1.69. The highest BCUT2D eigenvalue weighted by Gasteiger charge is 2.29. The summed E-state index contributed by atoms with van der Waals surface area (Å²) in [5, 5.41) is 8.89. The van der Waals surface area contributed by atoms with Crippen molar-refractivity contribution in [3.05, 3.63) is 18.1 Å². The largest absolute Gasteiger partial charge is 0.396 e. The minimum Gasteiger partial charge on any atom is -0.396 e. The number of hydrogen-bond donors (Lipinski definition) is 2. The molecule has 0 bridgehead atoms. The van der Waals surface area contributed by atoms with E-state index < -0.39 is 0 Å². The normalized spacial score (nSPS) is 15.2. The molecular weight excluding hydrogens is 232 g/mol. The predicted octanol–water partition coefficient (Wildman–Crippen LogP) is 0.436. The van der Waals surface area contributed by atoms with Crippen LogP contribution in [0.2, 0.25) is 0 Å². The molecule has 1 aromatic rings. The van der Waals surface area contributed by atoms with Gasteiger partial charge in [-0.3, -0.25) is 4.79 Å². The van der Waals surface area contributed by atoms with Crippen LogP contribution in [0.4, 0.5) is 5.82 Å². The van der Waals surface area contributed by atoms with Crippen LogP contribution >= 0.6 is 0 Å². The Morgan fingerprint density at radius 2 is 2.22 bits per heavy atom. The van der Waals surface area contributed by atoms with Crippen LogP contribution in [0.3, 0.4) is 0 Å². The Bertz CT molecular complexity index is 403. The van der Waals surface area contributed by atoms with E-state index in [-0.39, 0.29) is 18.6 Å². The fourth-order valence-electron chi connectivity index (χ4n) is 1.98. The van der Waals surface area contributed by atoms with Crippen LogP contribution < -0.4 is 5.73 Å². The van der Waals surface area contributed by atoms with Gasteiger partial charge in [0.05, 0.1) is 12.4 Å². The van der Waals surface area contributed by atoms with Gasteiger partial charge in [0.2, 0.25) is 0 Å². The number of aliphatic hydroxyl groups is 1. The van der Waals surface area contributed by atoms with Gasteiger partial charge >= 0.3 is 0 Å². The third-order valence-electron chi connectivity index (χ3n) is 3.22. The summed E-state index contributed by atoms with van der Waals surface area (Å²) in [6.45, 7) is 0.649. The summed E-state index contributed by atoms with van der Waals surface area (Å²) >= 11 is 0. The van der Waals surface area contributed by atoms with Crippen molar-refractivity contribution in [2.24, 2.45) is 0 Å². The average molecular weight is 250 g/mol. The molecule has 1 amide bonds. The highest BCUT2D eigenvalue weighted by molar-refractivity contribution is 5.92. The Kier molecular flexibility index (Phi) is 4.09. The summed E-state index contributed by atoms with van der Waals surface area (Å²) in [7, 11) is 0. The van der Waals surface area contributed by atoms with Gasteiger partial charge in [-0.05, 0) is 25.7 Å². The summed E-state index contributed by atoms with van der Waals surface area (Å²) in [6, 6.07) is 0.281. The molecular formula is C12H18N4O2. The van der Waals surface area contributed by atoms with Gasteiger partial charge in [-0.2, -0.15) is 0 Å². The Morgan fingerprint density at radius 3 is 2.72 bits per heavy atom. The van der Waals surface area contributed by atoms with Crippen molar-refractivity contribution >= 4 is 11.7 Å². The number of nitrogens with two attached hydrogens (primary N) is 1.